The van der Waals surface area contributed by atoms with E-state index in [0.717, 1.165) is 19.4 Å². The van der Waals surface area contributed by atoms with Gasteiger partial charge < -0.3 is 4.74 Å². The SMILES string of the molecule is C=CC1=COCCC1. The lowest BCUT2D eigenvalue weighted by molar-refractivity contribution is 0.227. The predicted octanol–water partition coefficient (Wildman–Crippen LogP) is 1.87. The number of ether oxygens (including phenoxy) is 1. The second kappa shape index (κ2) is 2.55. The van der Waals surface area contributed by atoms with Crippen LogP contribution in [0.2, 0.25) is 0 Å². The van der Waals surface area contributed by atoms with Crippen LogP contribution in [0.1, 0.15) is 12.8 Å². The molecule has 0 fully saturated rings. The monoisotopic (exact) mass is 110 g/mol. The Balaban J connectivity index is 2.49. The van der Waals surface area contributed by atoms with Crippen LogP contribution in [0.4, 0.5) is 0 Å². The maximum Gasteiger partial charge on any atom is 0.0876 e. The molecule has 1 heterocycles. The first-order valence-electron chi connectivity index (χ1n) is 2.86. The second-order valence-electron chi connectivity index (χ2n) is 1.87. The third-order valence-corrected chi connectivity index (χ3v) is 1.22. The van der Waals surface area contributed by atoms with Crippen LogP contribution >= 0.6 is 0 Å². The molecule has 0 saturated heterocycles. The van der Waals surface area contributed by atoms with Crippen molar-refractivity contribution in [3.05, 3.63) is 24.5 Å². The van der Waals surface area contributed by atoms with E-state index in [9.17, 15) is 0 Å². The van der Waals surface area contributed by atoms with Gasteiger partial charge in [-0.3, -0.25) is 0 Å². The summed E-state index contributed by atoms with van der Waals surface area (Å²) in [5, 5.41) is 0. The summed E-state index contributed by atoms with van der Waals surface area (Å²) in [6.07, 6.45) is 5.90. The molecule has 1 aliphatic heterocycles. The van der Waals surface area contributed by atoms with E-state index < -0.39 is 0 Å². The number of hydrogen-bond donors (Lipinski definition) is 0. The largest absolute Gasteiger partial charge is 0.501 e. The summed E-state index contributed by atoms with van der Waals surface area (Å²) >= 11 is 0. The second-order valence-corrected chi connectivity index (χ2v) is 1.87. The fourth-order valence-electron chi connectivity index (χ4n) is 0.735. The molecule has 0 saturated carbocycles. The van der Waals surface area contributed by atoms with Crippen LogP contribution in [-0.4, -0.2) is 6.61 Å². The Hall–Kier alpha value is -0.720. The maximum atomic E-state index is 5.04. The Bertz CT molecular complexity index is 114. The minimum absolute atomic E-state index is 0.872. The van der Waals surface area contributed by atoms with Gasteiger partial charge in [0.05, 0.1) is 12.9 Å². The summed E-state index contributed by atoms with van der Waals surface area (Å²) in [7, 11) is 0. The zero-order chi connectivity index (χ0) is 5.82. The lowest BCUT2D eigenvalue weighted by Crippen LogP contribution is -1.96. The first-order chi connectivity index (χ1) is 3.93. The van der Waals surface area contributed by atoms with E-state index in [1.165, 1.54) is 5.57 Å². The predicted molar refractivity (Wildman–Crippen MR) is 33.5 cm³/mol. The summed E-state index contributed by atoms with van der Waals surface area (Å²) in [6.45, 7) is 4.51. The molecule has 0 unspecified atom stereocenters. The molecule has 0 N–H and O–H groups in total. The zero-order valence-corrected chi connectivity index (χ0v) is 4.89. The molecule has 0 aromatic heterocycles. The van der Waals surface area contributed by atoms with E-state index in [2.05, 4.69) is 6.58 Å². The fraction of sp³-hybridized carbons (Fsp3) is 0.429. The summed E-state index contributed by atoms with van der Waals surface area (Å²) < 4.78 is 5.04. The first kappa shape index (κ1) is 5.42. The highest BCUT2D eigenvalue weighted by molar-refractivity contribution is 5.14. The normalized spacial score (nSPS) is 18.8. The van der Waals surface area contributed by atoms with Crippen LogP contribution in [-0.2, 0) is 4.74 Å². The van der Waals surface area contributed by atoms with Crippen LogP contribution in [0, 0.1) is 0 Å². The summed E-state index contributed by atoms with van der Waals surface area (Å²) in [4.78, 5) is 0. The van der Waals surface area contributed by atoms with E-state index in [4.69, 9.17) is 4.74 Å². The molecule has 0 spiro atoms. The van der Waals surface area contributed by atoms with Crippen LogP contribution in [0.3, 0.4) is 0 Å². The first-order valence-corrected chi connectivity index (χ1v) is 2.86. The topological polar surface area (TPSA) is 9.23 Å². The van der Waals surface area contributed by atoms with Crippen molar-refractivity contribution in [3.8, 4) is 0 Å². The van der Waals surface area contributed by atoms with Crippen molar-refractivity contribution < 1.29 is 4.74 Å². The Labute approximate surface area is 49.7 Å². The molecule has 1 nitrogen and oxygen atoms in total. The quantitative estimate of drug-likeness (QED) is 0.500. The smallest absolute Gasteiger partial charge is 0.0876 e. The van der Waals surface area contributed by atoms with Crippen molar-refractivity contribution in [1.29, 1.82) is 0 Å². The molecule has 0 aliphatic carbocycles. The van der Waals surface area contributed by atoms with Crippen LogP contribution in [0.5, 0.6) is 0 Å². The van der Waals surface area contributed by atoms with Crippen molar-refractivity contribution in [3.63, 3.8) is 0 Å². The van der Waals surface area contributed by atoms with E-state index in [1.54, 1.807) is 6.26 Å². The highest BCUT2D eigenvalue weighted by atomic mass is 16.5. The van der Waals surface area contributed by atoms with Crippen molar-refractivity contribution in [2.75, 3.05) is 6.61 Å². The third-order valence-electron chi connectivity index (χ3n) is 1.22. The van der Waals surface area contributed by atoms with Crippen LogP contribution in [0.25, 0.3) is 0 Å². The van der Waals surface area contributed by atoms with Crippen LogP contribution in [0.15, 0.2) is 24.5 Å². The molecule has 1 aliphatic rings. The summed E-state index contributed by atoms with van der Waals surface area (Å²) in [5.41, 5.74) is 1.22. The Kier molecular flexibility index (Phi) is 1.73. The molecule has 0 aromatic rings. The average molecular weight is 110 g/mol. The van der Waals surface area contributed by atoms with Gasteiger partial charge in [0, 0.05) is 0 Å². The van der Waals surface area contributed by atoms with Gasteiger partial charge in [0.2, 0.25) is 0 Å². The summed E-state index contributed by atoms with van der Waals surface area (Å²) in [6, 6.07) is 0. The molecular formula is C7H10O. The van der Waals surface area contributed by atoms with Gasteiger partial charge in [-0.05, 0) is 18.4 Å². The Morgan fingerprint density at radius 2 is 2.62 bits per heavy atom. The van der Waals surface area contributed by atoms with Gasteiger partial charge in [-0.15, -0.1) is 0 Å². The highest BCUT2D eigenvalue weighted by Gasteiger charge is 1.97. The number of rotatable bonds is 1. The minimum Gasteiger partial charge on any atom is -0.501 e. The molecular weight excluding hydrogens is 100 g/mol. The minimum atomic E-state index is 0.872. The van der Waals surface area contributed by atoms with Crippen molar-refractivity contribution in [1.82, 2.24) is 0 Å². The van der Waals surface area contributed by atoms with Gasteiger partial charge in [-0.1, -0.05) is 12.7 Å². The third kappa shape index (κ3) is 1.12. The van der Waals surface area contributed by atoms with Crippen molar-refractivity contribution in [2.24, 2.45) is 0 Å². The van der Waals surface area contributed by atoms with Gasteiger partial charge >= 0.3 is 0 Å². The molecule has 0 aromatic carbocycles. The van der Waals surface area contributed by atoms with Gasteiger partial charge in [0.1, 0.15) is 0 Å². The fourth-order valence-corrected chi connectivity index (χ4v) is 0.735. The van der Waals surface area contributed by atoms with E-state index in [1.807, 2.05) is 6.08 Å². The van der Waals surface area contributed by atoms with Crippen molar-refractivity contribution >= 4 is 0 Å². The number of allylic oxidation sites excluding steroid dienone is 2. The lowest BCUT2D eigenvalue weighted by Gasteiger charge is -2.08. The van der Waals surface area contributed by atoms with Gasteiger partial charge in [-0.25, -0.2) is 0 Å². The standard InChI is InChI=1S/C7H10O/c1-2-7-4-3-5-8-6-7/h2,6H,1,3-5H2. The molecule has 1 rings (SSSR count). The van der Waals surface area contributed by atoms with E-state index in [0.29, 0.717) is 0 Å². The molecule has 8 heavy (non-hydrogen) atoms. The zero-order valence-electron chi connectivity index (χ0n) is 4.89. The average Bonchev–Trinajstić information content (AvgIpc) is 1.90. The number of hydrogen-bond acceptors (Lipinski definition) is 1. The summed E-state index contributed by atoms with van der Waals surface area (Å²) in [5.74, 6) is 0. The molecule has 0 atom stereocenters. The molecule has 44 valence electrons. The van der Waals surface area contributed by atoms with E-state index in [-0.39, 0.29) is 0 Å². The molecule has 1 heteroatoms. The van der Waals surface area contributed by atoms with Crippen LogP contribution < -0.4 is 0 Å². The molecule has 0 amide bonds. The van der Waals surface area contributed by atoms with Gasteiger partial charge in [-0.2, -0.15) is 0 Å². The molecule has 0 radical (unpaired) electrons. The van der Waals surface area contributed by atoms with Gasteiger partial charge in [0.15, 0.2) is 0 Å². The Morgan fingerprint density at radius 3 is 3.00 bits per heavy atom. The van der Waals surface area contributed by atoms with E-state index >= 15 is 0 Å². The lowest BCUT2D eigenvalue weighted by atomic mass is 10.1. The molecule has 0 bridgehead atoms. The Morgan fingerprint density at radius 1 is 1.75 bits per heavy atom. The van der Waals surface area contributed by atoms with Crippen molar-refractivity contribution in [2.45, 2.75) is 12.8 Å². The highest BCUT2D eigenvalue weighted by Crippen LogP contribution is 2.11. The maximum absolute atomic E-state index is 5.04. The van der Waals surface area contributed by atoms with Gasteiger partial charge in [0.25, 0.3) is 0 Å².